The van der Waals surface area contributed by atoms with Crippen LogP contribution in [-0.4, -0.2) is 308 Å². The Morgan fingerprint density at radius 3 is 1.74 bits per heavy atom. The van der Waals surface area contributed by atoms with Gasteiger partial charge in [0.1, 0.15) is 84.3 Å². The van der Waals surface area contributed by atoms with Gasteiger partial charge in [0, 0.05) is 102 Å². The van der Waals surface area contributed by atoms with Gasteiger partial charge in [-0.25, -0.2) is 13.2 Å². The van der Waals surface area contributed by atoms with E-state index in [-0.39, 0.29) is 70.4 Å². The minimum absolute atomic E-state index is 0.0218. The number of halogens is 3. The number of likely N-dealkylation sites (N-methyl/N-ethyl adjacent to an activating group) is 3. The molecule has 133 heavy (non-hydrogen) atoms. The van der Waals surface area contributed by atoms with E-state index in [9.17, 15) is 58.4 Å². The number of phenolic OH excluding ortho intramolecular Hbond substituents is 1. The smallest absolute Gasteiger partial charge is 0.305 e. The molecule has 3 saturated heterocycles. The molecule has 38 nitrogen and oxygen atoms in total. The molecule has 3 aliphatic heterocycles. The number of hydrogen-bond acceptors (Lipinski definition) is 22. The lowest BCUT2D eigenvalue weighted by Crippen LogP contribution is -2.64. The zero-order valence-corrected chi connectivity index (χ0v) is 75.3. The zero-order chi connectivity index (χ0) is 97.0. The summed E-state index contributed by atoms with van der Waals surface area (Å²) in [4.78, 5) is 245. The van der Waals surface area contributed by atoms with Crippen molar-refractivity contribution in [3.63, 3.8) is 0 Å². The number of nitrogens with zero attached hydrogens (tertiary/aromatic N) is 5. The summed E-state index contributed by atoms with van der Waals surface area (Å²) in [5.41, 5.74) is 13.4. The van der Waals surface area contributed by atoms with E-state index in [2.05, 4.69) is 52.8 Å². The summed E-state index contributed by atoms with van der Waals surface area (Å²) in [7, 11) is 3.63. The van der Waals surface area contributed by atoms with Crippen LogP contribution in [0.5, 0.6) is 5.75 Å². The van der Waals surface area contributed by atoms with Gasteiger partial charge in [0.2, 0.25) is 88.6 Å². The molecule has 42 heteroatoms. The number of ether oxygens (including phenoxy) is 1. The number of nitrogens with one attached hydrogen (secondary N) is 10. The maximum Gasteiger partial charge on any atom is 0.305 e. The first-order chi connectivity index (χ1) is 63.4. The maximum atomic E-state index is 15.7. The molecule has 6 aromatic rings. The molecule has 5 aromatic carbocycles. The number of primary amides is 1. The fraction of sp³-hybridized carbons (Fsp3) is 0.473. The first-order valence-corrected chi connectivity index (χ1v) is 44.9. The van der Waals surface area contributed by atoms with Crippen LogP contribution in [0.4, 0.5) is 13.2 Å². The number of nitrogens with two attached hydrogens (primary N) is 2. The average Bonchev–Trinajstić information content (AvgIpc) is 1.70. The number of carbonyl (C=O) groups excluding carboxylic acids is 15. The van der Waals surface area contributed by atoms with E-state index in [4.69, 9.17) is 16.2 Å². The molecule has 15 amide bonds. The third-order valence-corrected chi connectivity index (χ3v) is 24.4. The lowest BCUT2D eigenvalue weighted by molar-refractivity contribution is -0.152. The molecular weight excluding hydrogens is 1760 g/mol. The van der Waals surface area contributed by atoms with E-state index < -0.39 is 278 Å². The van der Waals surface area contributed by atoms with Crippen molar-refractivity contribution in [2.75, 3.05) is 78.6 Å². The number of para-hydroxylation sites is 1. The fourth-order valence-electron chi connectivity index (χ4n) is 16.0. The van der Waals surface area contributed by atoms with Crippen LogP contribution in [0, 0.1) is 23.4 Å². The number of thioether (sulfide) groups is 1. The lowest BCUT2D eigenvalue weighted by Gasteiger charge is -2.38. The van der Waals surface area contributed by atoms with Crippen LogP contribution in [0.15, 0.2) is 128 Å². The van der Waals surface area contributed by atoms with Gasteiger partial charge in [-0.05, 0) is 96.3 Å². The average molecular weight is 1870 g/mol. The van der Waals surface area contributed by atoms with Crippen molar-refractivity contribution in [1.29, 1.82) is 0 Å². The maximum absolute atomic E-state index is 15.7. The van der Waals surface area contributed by atoms with Gasteiger partial charge >= 0.3 is 5.97 Å². The number of aromatic amines is 1. The number of phenols is 1. The van der Waals surface area contributed by atoms with Gasteiger partial charge in [-0.15, -0.1) is 11.8 Å². The van der Waals surface area contributed by atoms with E-state index in [1.54, 1.807) is 98.0 Å². The Kier molecular flexibility index (Phi) is 38.5. The predicted octanol–water partition coefficient (Wildman–Crippen LogP) is -0.857. The SMILES string of the molecule is CCCC[C@H]1C(=O)N2C[C@H](O)C[C@@H]2C(=O)N[C@@H](CC(=O)O)C(=O)N[C@@H](C(C)C)C(=O)N(C)[C@@H](Cc2ccccc2)C(=O)N[C@@H](CCCN)C(=O)N2CCOC[C@@H]2C(=O)N[C@H](Cc2c[nH]c3ccccc23)C(=O)N[C@@H](Cc2ccc(O)cc2)C(=O)N[C@@H](CCO)C(=O)N[C@H](C(=O)NCC(N)=O)CSCC(=O)N[C@@H](Cc2cc(F)c(F)c(F)c2)C(=O)N(C)[C@@H](Cc2ccccc2)C(=O)N1C. The highest BCUT2D eigenvalue weighted by atomic mass is 32.2. The van der Waals surface area contributed by atoms with Gasteiger partial charge in [-0.1, -0.05) is 125 Å². The number of aromatic hydroxyl groups is 1. The predicted molar refractivity (Wildman–Crippen MR) is 478 cm³/mol. The van der Waals surface area contributed by atoms with E-state index >= 15 is 51.9 Å². The third-order valence-electron chi connectivity index (χ3n) is 23.3. The Bertz CT molecular complexity index is 5120. The van der Waals surface area contributed by atoms with Crippen LogP contribution in [0.3, 0.4) is 0 Å². The molecule has 3 fully saturated rings. The number of rotatable bonds is 24. The van der Waals surface area contributed by atoms with Crippen molar-refractivity contribution in [2.24, 2.45) is 17.4 Å². The molecule has 718 valence electrons. The molecule has 0 radical (unpaired) electrons. The van der Waals surface area contributed by atoms with Crippen molar-refractivity contribution in [3.05, 3.63) is 173 Å². The van der Waals surface area contributed by atoms with Crippen molar-refractivity contribution in [2.45, 2.75) is 189 Å². The second-order valence-electron chi connectivity index (χ2n) is 33.4. The summed E-state index contributed by atoms with van der Waals surface area (Å²) in [6, 6.07) is 7.76. The van der Waals surface area contributed by atoms with Crippen LogP contribution in [-0.2, 0) is 114 Å². The molecule has 14 atom stereocenters. The number of aliphatic hydroxyl groups excluding tert-OH is 2. The van der Waals surface area contributed by atoms with E-state index in [0.29, 0.717) is 63.5 Å². The first kappa shape index (κ1) is 104. The monoisotopic (exact) mass is 1870 g/mol. The highest BCUT2D eigenvalue weighted by Gasteiger charge is 2.48. The van der Waals surface area contributed by atoms with E-state index in [0.717, 1.165) is 31.5 Å². The number of unbranched alkanes of at least 4 members (excludes halogenated alkanes) is 1. The number of carbonyl (C=O) groups is 16. The van der Waals surface area contributed by atoms with Crippen molar-refractivity contribution < 1.29 is 115 Å². The van der Waals surface area contributed by atoms with Crippen molar-refractivity contribution in [3.8, 4) is 5.75 Å². The summed E-state index contributed by atoms with van der Waals surface area (Å²) in [6.07, 6.45) is -3.82. The molecule has 3 aliphatic rings. The number of H-pyrrole nitrogens is 1. The van der Waals surface area contributed by atoms with Crippen molar-refractivity contribution in [1.82, 2.24) is 77.3 Å². The number of carboxylic acid groups (broad SMARTS) is 1. The van der Waals surface area contributed by atoms with Gasteiger partial charge in [0.05, 0.1) is 38.0 Å². The normalized spacial score (nSPS) is 24.2. The van der Waals surface area contributed by atoms with Gasteiger partial charge in [-0.3, -0.25) is 76.7 Å². The molecule has 1 aromatic heterocycles. The van der Waals surface area contributed by atoms with Crippen LogP contribution in [0.25, 0.3) is 10.9 Å². The minimum Gasteiger partial charge on any atom is -0.508 e. The summed E-state index contributed by atoms with van der Waals surface area (Å²) in [5, 5.41) is 66.2. The van der Waals surface area contributed by atoms with E-state index in [1.165, 1.54) is 52.2 Å². The quantitative estimate of drug-likeness (QED) is 0.0328. The Morgan fingerprint density at radius 2 is 1.12 bits per heavy atom. The first-order valence-electron chi connectivity index (χ1n) is 43.7. The Balaban J connectivity index is 1.13. The van der Waals surface area contributed by atoms with Gasteiger partial charge in [-0.2, -0.15) is 0 Å². The standard InChI is InChI=1S/C91H116F3N17O21S/c1-7-8-25-69-90(130)111-46-57(114)42-71(111)85(125)104-66(43-76(117)118)83(123)106-78(50(2)3)91(131)108(5)70(39-51-18-11-9-12-19-51)84(124)101-63(24-17-31-95)88(128)110-32-34-132-47-73(110)86(126)103-65(41-55-44-97-61-23-16-15-22-58(55)61)82(122)102-64(37-53-26-28-56(113)29-27-53)81(121)100-62(30-33-112)80(120)105-68(79(119)98-45-74(96)115)48-133-49-75(116)99-67(38-54-35-59(92)77(94)60(93)36-54)87(127)109(6)72(89(129)107(69)4)40-52-20-13-10-14-21-52/h9-16,18-23,26-29,35-36,44,50,57,62-73,78,97,112-114H,7-8,17,24-25,30-34,37-43,45-49,95H2,1-6H3,(H2,96,115)(H,98,119)(H,99,116)(H,100,121)(H,101,124)(H,102,122)(H,103,126)(H,104,125)(H,105,120)(H,106,123)(H,117,118)/t57-,62+,63+,64+,65-,66+,67+,68+,69+,70+,71-,72+,73-,78+/m1/s1. The summed E-state index contributed by atoms with van der Waals surface area (Å²) in [5.74, 6) is -25.0. The second-order valence-corrected chi connectivity index (χ2v) is 34.4. The van der Waals surface area contributed by atoms with Crippen LogP contribution in [0.1, 0.15) is 100.0 Å². The third kappa shape index (κ3) is 28.7. The topological polar surface area (TPSA) is 556 Å². The number of morpholine rings is 1. The largest absolute Gasteiger partial charge is 0.508 e. The molecule has 9 rings (SSSR count). The number of aromatic nitrogens is 1. The summed E-state index contributed by atoms with van der Waals surface area (Å²) in [6.45, 7) is 1.68. The van der Waals surface area contributed by atoms with Gasteiger partial charge < -0.3 is 114 Å². The number of hydrogen-bond donors (Lipinski definition) is 16. The number of benzene rings is 5. The van der Waals surface area contributed by atoms with E-state index in [1.807, 2.05) is 0 Å². The minimum atomic E-state index is -2.03. The molecular formula is C91H116F3N17O21S. The van der Waals surface area contributed by atoms with Crippen LogP contribution < -0.4 is 59.3 Å². The molecule has 0 bridgehead atoms. The fourth-order valence-corrected chi connectivity index (χ4v) is 16.9. The van der Waals surface area contributed by atoms with Crippen molar-refractivity contribution >= 4 is 117 Å². The molecule has 0 aliphatic carbocycles. The number of aliphatic hydroxyl groups is 2. The van der Waals surface area contributed by atoms with Gasteiger partial charge in [0.15, 0.2) is 17.5 Å². The number of fused-ring (bicyclic) bond motifs is 3. The Hall–Kier alpha value is -13.1. The van der Waals surface area contributed by atoms with Crippen LogP contribution >= 0.6 is 11.8 Å². The summed E-state index contributed by atoms with van der Waals surface area (Å²) >= 11 is 0.611. The lowest BCUT2D eigenvalue weighted by atomic mass is 9.98. The number of aliphatic carboxylic acids is 1. The molecule has 0 spiro atoms. The summed E-state index contributed by atoms with van der Waals surface area (Å²) < 4.78 is 50.9. The molecule has 18 N–H and O–H groups in total. The highest BCUT2D eigenvalue weighted by molar-refractivity contribution is 8.00. The molecule has 4 heterocycles. The number of carboxylic acids is 1. The Labute approximate surface area is 769 Å². The Morgan fingerprint density at radius 1 is 0.564 bits per heavy atom. The second kappa shape index (κ2) is 49.4. The highest BCUT2D eigenvalue weighted by Crippen LogP contribution is 2.28. The van der Waals surface area contributed by atoms with Gasteiger partial charge in [0.25, 0.3) is 0 Å². The van der Waals surface area contributed by atoms with Crippen LogP contribution in [0.2, 0.25) is 0 Å². The molecule has 0 unspecified atom stereocenters. The zero-order valence-electron chi connectivity index (χ0n) is 74.5. The molecule has 0 saturated carbocycles. The number of amides is 15.